The summed E-state index contributed by atoms with van der Waals surface area (Å²) in [6.45, 7) is 6.45. The summed E-state index contributed by atoms with van der Waals surface area (Å²) in [7, 11) is 0. The van der Waals surface area contributed by atoms with E-state index in [1.54, 1.807) is 0 Å². The lowest BCUT2D eigenvalue weighted by atomic mass is 10.1. The molecule has 70 heavy (non-hydrogen) atoms. The van der Waals surface area contributed by atoms with Gasteiger partial charge in [-0.05, 0) is 103 Å². The molecular formula is C64H108O6. The Hall–Kier alpha value is -3.67. The largest absolute Gasteiger partial charge is 0.462 e. The van der Waals surface area contributed by atoms with Crippen molar-refractivity contribution in [3.8, 4) is 0 Å². The Morgan fingerprint density at radius 1 is 0.300 bits per heavy atom. The van der Waals surface area contributed by atoms with Gasteiger partial charge in [0.15, 0.2) is 6.10 Å². The number of unbranched alkanes of at least 4 members (excludes halogenated alkanes) is 25. The Kier molecular flexibility index (Phi) is 54.9. The molecule has 6 heteroatoms. The van der Waals surface area contributed by atoms with Crippen molar-refractivity contribution in [2.24, 2.45) is 0 Å². The topological polar surface area (TPSA) is 78.9 Å². The molecule has 0 aliphatic rings. The first kappa shape index (κ1) is 66.3. The van der Waals surface area contributed by atoms with Gasteiger partial charge in [-0.25, -0.2) is 0 Å². The second-order valence-electron chi connectivity index (χ2n) is 19.2. The molecule has 0 fully saturated rings. The van der Waals surface area contributed by atoms with Crippen molar-refractivity contribution in [3.63, 3.8) is 0 Å². The van der Waals surface area contributed by atoms with Gasteiger partial charge in [0.25, 0.3) is 0 Å². The molecule has 0 rings (SSSR count). The fourth-order valence-electron chi connectivity index (χ4n) is 7.95. The van der Waals surface area contributed by atoms with Crippen LogP contribution in [0.4, 0.5) is 0 Å². The van der Waals surface area contributed by atoms with Crippen molar-refractivity contribution in [2.45, 2.75) is 277 Å². The van der Waals surface area contributed by atoms with Crippen molar-refractivity contribution in [1.29, 1.82) is 0 Å². The van der Waals surface area contributed by atoms with Crippen LogP contribution in [0.3, 0.4) is 0 Å². The zero-order chi connectivity index (χ0) is 50.7. The van der Waals surface area contributed by atoms with E-state index in [2.05, 4.69) is 118 Å². The number of hydrogen-bond donors (Lipinski definition) is 0. The lowest BCUT2D eigenvalue weighted by Crippen LogP contribution is -2.30. The minimum atomic E-state index is -0.784. The first-order chi connectivity index (χ1) is 34.5. The van der Waals surface area contributed by atoms with Crippen LogP contribution in [0.5, 0.6) is 0 Å². The third kappa shape index (κ3) is 55.3. The predicted molar refractivity (Wildman–Crippen MR) is 302 cm³/mol. The minimum absolute atomic E-state index is 0.0843. The lowest BCUT2D eigenvalue weighted by Gasteiger charge is -2.18. The number of carbonyl (C=O) groups excluding carboxylic acids is 3. The molecule has 0 aliphatic heterocycles. The zero-order valence-corrected chi connectivity index (χ0v) is 45.8. The molecule has 0 aliphatic carbocycles. The highest BCUT2D eigenvalue weighted by molar-refractivity contribution is 5.71. The lowest BCUT2D eigenvalue weighted by molar-refractivity contribution is -0.167. The van der Waals surface area contributed by atoms with E-state index in [4.69, 9.17) is 14.2 Å². The molecule has 0 bridgehead atoms. The van der Waals surface area contributed by atoms with E-state index in [1.807, 2.05) is 0 Å². The van der Waals surface area contributed by atoms with Gasteiger partial charge in [0.1, 0.15) is 13.2 Å². The van der Waals surface area contributed by atoms with Gasteiger partial charge in [-0.3, -0.25) is 14.4 Å². The maximum Gasteiger partial charge on any atom is 0.306 e. The second-order valence-corrected chi connectivity index (χ2v) is 19.2. The maximum atomic E-state index is 12.8. The van der Waals surface area contributed by atoms with E-state index < -0.39 is 6.10 Å². The average molecular weight is 974 g/mol. The first-order valence-electron chi connectivity index (χ1n) is 29.2. The number of carbonyl (C=O) groups is 3. The van der Waals surface area contributed by atoms with Gasteiger partial charge in [-0.15, -0.1) is 0 Å². The van der Waals surface area contributed by atoms with Crippen LogP contribution in [0.1, 0.15) is 271 Å². The number of ether oxygens (including phenoxy) is 3. The predicted octanol–water partition coefficient (Wildman–Crippen LogP) is 19.7. The minimum Gasteiger partial charge on any atom is -0.462 e. The van der Waals surface area contributed by atoms with E-state index in [1.165, 1.54) is 109 Å². The summed E-state index contributed by atoms with van der Waals surface area (Å²) in [6.07, 6.45) is 77.1. The van der Waals surface area contributed by atoms with Crippen molar-refractivity contribution in [1.82, 2.24) is 0 Å². The van der Waals surface area contributed by atoms with Crippen LogP contribution in [0.2, 0.25) is 0 Å². The number of hydrogen-bond acceptors (Lipinski definition) is 6. The van der Waals surface area contributed by atoms with Gasteiger partial charge < -0.3 is 14.2 Å². The Balaban J connectivity index is 4.20. The van der Waals surface area contributed by atoms with Gasteiger partial charge in [0, 0.05) is 19.3 Å². The molecule has 0 aromatic carbocycles. The van der Waals surface area contributed by atoms with Crippen LogP contribution in [0, 0.1) is 0 Å². The van der Waals surface area contributed by atoms with E-state index >= 15 is 0 Å². The Labute approximate surface area is 432 Å². The standard InChI is InChI=1S/C64H108O6/c1-4-7-10-13-16-18-20-22-24-26-28-29-30-31-32-33-34-35-37-38-40-42-44-46-48-51-54-57-63(66)69-60-61(59-68-62(65)56-53-50-15-12-9-6-3)70-64(67)58-55-52-49-47-45-43-41-39-36-27-25-23-21-19-17-14-11-8-5-2/h7,10,16,18,22-25,28-29,31-32,34-35,38,40,61H,4-6,8-9,11-15,17,19-21,26-27,30,33,36-37,39,41-60H2,1-3H3/b10-7-,18-16-,24-22-,25-23-,29-28-,32-31-,35-34-,40-38-. The van der Waals surface area contributed by atoms with Crippen LogP contribution in [-0.2, 0) is 28.6 Å². The maximum absolute atomic E-state index is 12.8. The second kappa shape index (κ2) is 57.9. The average Bonchev–Trinajstić information content (AvgIpc) is 3.36. The summed E-state index contributed by atoms with van der Waals surface area (Å²) >= 11 is 0. The molecule has 1 atom stereocenters. The quantitative estimate of drug-likeness (QED) is 0.0262. The summed E-state index contributed by atoms with van der Waals surface area (Å²) < 4.78 is 16.7. The van der Waals surface area contributed by atoms with Crippen LogP contribution in [0.15, 0.2) is 97.2 Å². The van der Waals surface area contributed by atoms with E-state index in [0.29, 0.717) is 19.3 Å². The SMILES string of the molecule is CC/C=C\C/C=C\C/C=C\C/C=C\C/C=C\C/C=C\C/C=C\CCCCCCCC(=O)OCC(COC(=O)CCCCCCCC)OC(=O)CCCCCCCCCCC/C=C\CCCCCCCC. The highest BCUT2D eigenvalue weighted by atomic mass is 16.6. The fraction of sp³-hybridized carbons (Fsp3) is 0.703. The van der Waals surface area contributed by atoms with E-state index in [-0.39, 0.29) is 31.1 Å². The molecule has 6 nitrogen and oxygen atoms in total. The highest BCUT2D eigenvalue weighted by Gasteiger charge is 2.19. The van der Waals surface area contributed by atoms with Crippen LogP contribution >= 0.6 is 0 Å². The van der Waals surface area contributed by atoms with Gasteiger partial charge in [0.05, 0.1) is 0 Å². The molecule has 0 saturated heterocycles. The summed E-state index contributed by atoms with van der Waals surface area (Å²) in [5, 5.41) is 0. The summed E-state index contributed by atoms with van der Waals surface area (Å²) in [4.78, 5) is 37.9. The van der Waals surface area contributed by atoms with E-state index in [0.717, 1.165) is 122 Å². The first-order valence-corrected chi connectivity index (χ1v) is 29.2. The van der Waals surface area contributed by atoms with Crippen LogP contribution in [-0.4, -0.2) is 37.2 Å². The fourth-order valence-corrected chi connectivity index (χ4v) is 7.95. The smallest absolute Gasteiger partial charge is 0.306 e. The normalized spacial score (nSPS) is 12.8. The molecule has 0 radical (unpaired) electrons. The zero-order valence-electron chi connectivity index (χ0n) is 45.8. The van der Waals surface area contributed by atoms with Crippen LogP contribution in [0.25, 0.3) is 0 Å². The molecule has 0 aromatic rings. The van der Waals surface area contributed by atoms with E-state index in [9.17, 15) is 14.4 Å². The Morgan fingerprint density at radius 2 is 0.557 bits per heavy atom. The molecule has 0 spiro atoms. The Bertz CT molecular complexity index is 1400. The van der Waals surface area contributed by atoms with Gasteiger partial charge >= 0.3 is 17.9 Å². The molecule has 0 heterocycles. The molecule has 0 saturated carbocycles. The Morgan fingerprint density at radius 3 is 0.886 bits per heavy atom. The third-order valence-corrected chi connectivity index (χ3v) is 12.3. The van der Waals surface area contributed by atoms with Crippen molar-refractivity contribution < 1.29 is 28.6 Å². The highest BCUT2D eigenvalue weighted by Crippen LogP contribution is 2.15. The molecule has 0 aromatic heterocycles. The summed E-state index contributed by atoms with van der Waals surface area (Å²) in [5.74, 6) is -0.913. The van der Waals surface area contributed by atoms with Crippen molar-refractivity contribution >= 4 is 17.9 Å². The molecular weight excluding hydrogens is 865 g/mol. The monoisotopic (exact) mass is 973 g/mol. The molecule has 0 amide bonds. The molecule has 1 unspecified atom stereocenters. The van der Waals surface area contributed by atoms with Crippen molar-refractivity contribution in [2.75, 3.05) is 13.2 Å². The van der Waals surface area contributed by atoms with Gasteiger partial charge in [-0.1, -0.05) is 246 Å². The van der Waals surface area contributed by atoms with Gasteiger partial charge in [-0.2, -0.15) is 0 Å². The number of allylic oxidation sites excluding steroid dienone is 16. The third-order valence-electron chi connectivity index (χ3n) is 12.3. The number of rotatable bonds is 52. The van der Waals surface area contributed by atoms with Crippen molar-refractivity contribution in [3.05, 3.63) is 97.2 Å². The summed E-state index contributed by atoms with van der Waals surface area (Å²) in [5.41, 5.74) is 0. The molecule has 400 valence electrons. The summed E-state index contributed by atoms with van der Waals surface area (Å²) in [6, 6.07) is 0. The van der Waals surface area contributed by atoms with Crippen LogP contribution < -0.4 is 0 Å². The number of esters is 3. The molecule has 0 N–H and O–H groups in total. The van der Waals surface area contributed by atoms with Gasteiger partial charge in [0.2, 0.25) is 0 Å².